The lowest BCUT2D eigenvalue weighted by molar-refractivity contribution is -0.274. The normalized spacial score (nSPS) is 11.5. The number of rotatable bonds is 1. The molecule has 6 heteroatoms. The molecule has 0 amide bonds. The van der Waals surface area contributed by atoms with Crippen molar-refractivity contribution < 1.29 is 17.9 Å². The molecule has 1 rings (SSSR count). The van der Waals surface area contributed by atoms with Crippen LogP contribution in [0.15, 0.2) is 12.3 Å². The minimum absolute atomic E-state index is 0.303. The zero-order valence-corrected chi connectivity index (χ0v) is 7.28. The molecule has 72 valence electrons. The van der Waals surface area contributed by atoms with Crippen LogP contribution in [-0.4, -0.2) is 11.3 Å². The van der Waals surface area contributed by atoms with E-state index in [9.17, 15) is 13.2 Å². The summed E-state index contributed by atoms with van der Waals surface area (Å²) in [6.45, 7) is 1.59. The van der Waals surface area contributed by atoms with E-state index in [0.29, 0.717) is 5.56 Å². The molecule has 0 aliphatic rings. The van der Waals surface area contributed by atoms with Crippen LogP contribution in [-0.2, 0) is 0 Å². The van der Waals surface area contributed by atoms with Crippen LogP contribution < -0.4 is 4.74 Å². The number of aryl methyl sites for hydroxylation is 1. The van der Waals surface area contributed by atoms with Crippen molar-refractivity contribution in [3.8, 4) is 5.75 Å². The molecule has 0 unspecified atom stereocenters. The Balaban J connectivity index is 2.94. The Morgan fingerprint density at radius 3 is 2.62 bits per heavy atom. The summed E-state index contributed by atoms with van der Waals surface area (Å²) < 4.78 is 38.9. The number of ether oxygens (including phenoxy) is 1. The fraction of sp³-hybridized carbons (Fsp3) is 0.286. The van der Waals surface area contributed by atoms with Crippen molar-refractivity contribution in [3.05, 3.63) is 23.0 Å². The quantitative estimate of drug-likeness (QED) is 0.667. The van der Waals surface area contributed by atoms with E-state index in [4.69, 9.17) is 11.6 Å². The Hall–Kier alpha value is -0.970. The first-order valence-electron chi connectivity index (χ1n) is 3.26. The molecule has 0 aromatic carbocycles. The van der Waals surface area contributed by atoms with Gasteiger partial charge in [-0.2, -0.15) is 0 Å². The molecule has 2 nitrogen and oxygen atoms in total. The summed E-state index contributed by atoms with van der Waals surface area (Å²) in [5, 5.41) is -0.303. The van der Waals surface area contributed by atoms with Crippen molar-refractivity contribution in [2.45, 2.75) is 13.3 Å². The highest BCUT2D eigenvalue weighted by Gasteiger charge is 2.32. The average Bonchev–Trinajstić information content (AvgIpc) is 1.94. The third-order valence-electron chi connectivity index (χ3n) is 1.17. The molecule has 1 aromatic rings. The molecule has 0 bridgehead atoms. The largest absolute Gasteiger partial charge is 0.573 e. The smallest absolute Gasteiger partial charge is 0.402 e. The minimum atomic E-state index is -4.74. The average molecular weight is 212 g/mol. The van der Waals surface area contributed by atoms with Crippen LogP contribution in [0.25, 0.3) is 0 Å². The van der Waals surface area contributed by atoms with Crippen LogP contribution in [0.5, 0.6) is 5.75 Å². The lowest BCUT2D eigenvalue weighted by Crippen LogP contribution is -2.17. The van der Waals surface area contributed by atoms with Crippen molar-refractivity contribution in [1.29, 1.82) is 0 Å². The van der Waals surface area contributed by atoms with Crippen LogP contribution >= 0.6 is 11.6 Å². The summed E-state index contributed by atoms with van der Waals surface area (Å²) in [6.07, 6.45) is -3.38. The summed E-state index contributed by atoms with van der Waals surface area (Å²) in [5.74, 6) is -0.478. The van der Waals surface area contributed by atoms with Crippen LogP contribution in [0.2, 0.25) is 5.15 Å². The van der Waals surface area contributed by atoms with Gasteiger partial charge in [-0.05, 0) is 18.6 Å². The van der Waals surface area contributed by atoms with Gasteiger partial charge >= 0.3 is 6.36 Å². The number of nitrogens with zero attached hydrogens (tertiary/aromatic N) is 1. The van der Waals surface area contributed by atoms with E-state index in [1.54, 1.807) is 6.92 Å². The zero-order valence-electron chi connectivity index (χ0n) is 6.52. The summed E-state index contributed by atoms with van der Waals surface area (Å²) in [4.78, 5) is 3.50. The predicted molar refractivity (Wildman–Crippen MR) is 40.7 cm³/mol. The summed E-state index contributed by atoms with van der Waals surface area (Å²) in [7, 11) is 0. The monoisotopic (exact) mass is 211 g/mol. The third-order valence-corrected chi connectivity index (χ3v) is 1.45. The van der Waals surface area contributed by atoms with Crippen molar-refractivity contribution in [3.63, 3.8) is 0 Å². The van der Waals surface area contributed by atoms with Crippen molar-refractivity contribution in [1.82, 2.24) is 4.98 Å². The fourth-order valence-corrected chi connectivity index (χ4v) is 0.864. The molecule has 1 heterocycles. The van der Waals surface area contributed by atoms with Crippen molar-refractivity contribution in [2.24, 2.45) is 0 Å². The third kappa shape index (κ3) is 3.10. The highest BCUT2D eigenvalue weighted by molar-refractivity contribution is 6.30. The summed E-state index contributed by atoms with van der Waals surface area (Å²) in [5.41, 5.74) is 0.545. The molecule has 0 spiro atoms. The van der Waals surface area contributed by atoms with Crippen LogP contribution in [0, 0.1) is 6.92 Å². The van der Waals surface area contributed by atoms with E-state index in [1.807, 2.05) is 0 Å². The van der Waals surface area contributed by atoms with E-state index in [2.05, 4.69) is 9.72 Å². The molecule has 0 aliphatic heterocycles. The van der Waals surface area contributed by atoms with Gasteiger partial charge in [-0.1, -0.05) is 11.6 Å². The second-order valence-electron chi connectivity index (χ2n) is 2.35. The maximum Gasteiger partial charge on any atom is 0.573 e. The summed E-state index contributed by atoms with van der Waals surface area (Å²) >= 11 is 5.37. The highest BCUT2D eigenvalue weighted by atomic mass is 35.5. The topological polar surface area (TPSA) is 22.1 Å². The fourth-order valence-electron chi connectivity index (χ4n) is 0.722. The highest BCUT2D eigenvalue weighted by Crippen LogP contribution is 2.28. The molecule has 13 heavy (non-hydrogen) atoms. The Kier molecular flexibility index (Phi) is 2.66. The Labute approximate surface area is 77.3 Å². The van der Waals surface area contributed by atoms with Crippen LogP contribution in [0.1, 0.15) is 5.56 Å². The number of hydrogen-bond donors (Lipinski definition) is 0. The maximum atomic E-state index is 11.7. The number of pyridine rings is 1. The van der Waals surface area contributed by atoms with Gasteiger partial charge < -0.3 is 4.74 Å². The second kappa shape index (κ2) is 3.41. The van der Waals surface area contributed by atoms with Gasteiger partial charge in [0.1, 0.15) is 0 Å². The lowest BCUT2D eigenvalue weighted by atomic mass is 10.3. The molecule has 0 aliphatic carbocycles. The van der Waals surface area contributed by atoms with E-state index in [1.165, 1.54) is 12.3 Å². The number of alkyl halides is 3. The van der Waals surface area contributed by atoms with Gasteiger partial charge in [-0.15, -0.1) is 13.2 Å². The Morgan fingerprint density at radius 1 is 1.46 bits per heavy atom. The molecule has 0 N–H and O–H groups in total. The summed E-state index contributed by atoms with van der Waals surface area (Å²) in [6, 6.07) is 1.17. The van der Waals surface area contributed by atoms with Gasteiger partial charge in [0.25, 0.3) is 0 Å². The van der Waals surface area contributed by atoms with Gasteiger partial charge in [-0.3, -0.25) is 0 Å². The number of aromatic nitrogens is 1. The molecular weight excluding hydrogens is 207 g/mol. The van der Waals surface area contributed by atoms with Crippen molar-refractivity contribution >= 4 is 11.6 Å². The molecule has 0 fully saturated rings. The van der Waals surface area contributed by atoms with Crippen LogP contribution in [0.3, 0.4) is 0 Å². The van der Waals surface area contributed by atoms with Crippen LogP contribution in [0.4, 0.5) is 13.2 Å². The molecule has 1 aromatic heterocycles. The molecule has 0 saturated carbocycles. The molecule has 0 atom stereocenters. The molecular formula is C7H5ClF3NO. The molecule has 0 radical (unpaired) electrons. The van der Waals surface area contributed by atoms with Gasteiger partial charge in [0.2, 0.25) is 0 Å². The van der Waals surface area contributed by atoms with Gasteiger partial charge in [-0.25, -0.2) is 4.98 Å². The Bertz CT molecular complexity index is 313. The second-order valence-corrected chi connectivity index (χ2v) is 2.71. The van der Waals surface area contributed by atoms with E-state index < -0.39 is 12.1 Å². The number of halogens is 4. The van der Waals surface area contributed by atoms with Gasteiger partial charge in [0.05, 0.1) is 0 Å². The standard InChI is InChI=1S/C7H5ClF3NO/c1-4-2-5(6(8)12-3-4)13-7(9,10)11/h2-3H,1H3. The first-order valence-corrected chi connectivity index (χ1v) is 3.64. The predicted octanol–water partition coefficient (Wildman–Crippen LogP) is 2.94. The first-order chi connectivity index (χ1) is 5.88. The minimum Gasteiger partial charge on any atom is -0.402 e. The van der Waals surface area contributed by atoms with E-state index >= 15 is 0 Å². The maximum absolute atomic E-state index is 11.7. The first kappa shape index (κ1) is 10.1. The van der Waals surface area contributed by atoms with Gasteiger partial charge in [0, 0.05) is 6.20 Å². The van der Waals surface area contributed by atoms with E-state index in [0.717, 1.165) is 0 Å². The van der Waals surface area contributed by atoms with Crippen molar-refractivity contribution in [2.75, 3.05) is 0 Å². The SMILES string of the molecule is Cc1cnc(Cl)c(OC(F)(F)F)c1. The molecule has 0 saturated heterocycles. The Morgan fingerprint density at radius 2 is 2.08 bits per heavy atom. The lowest BCUT2D eigenvalue weighted by Gasteiger charge is -2.09. The van der Waals surface area contributed by atoms with E-state index in [-0.39, 0.29) is 5.15 Å². The number of hydrogen-bond acceptors (Lipinski definition) is 2. The zero-order chi connectivity index (χ0) is 10.1. The van der Waals surface area contributed by atoms with Gasteiger partial charge in [0.15, 0.2) is 10.9 Å².